The van der Waals surface area contributed by atoms with E-state index < -0.39 is 30.2 Å². The Bertz CT molecular complexity index is 340. The number of sulfone groups is 2. The summed E-state index contributed by atoms with van der Waals surface area (Å²) in [5, 5.41) is -1.49. The van der Waals surface area contributed by atoms with Crippen LogP contribution >= 0.6 is 0 Å². The molecular formula is C6H12O4S2. The van der Waals surface area contributed by atoms with E-state index >= 15 is 0 Å². The minimum absolute atomic E-state index is 0.223. The molecule has 4 nitrogen and oxygen atoms in total. The summed E-state index contributed by atoms with van der Waals surface area (Å²) in [4.78, 5) is 0. The predicted octanol–water partition coefficient (Wildman–Crippen LogP) is -0.393. The lowest BCUT2D eigenvalue weighted by atomic mass is 10.5. The van der Waals surface area contributed by atoms with Gasteiger partial charge in [0.2, 0.25) is 0 Å². The van der Waals surface area contributed by atoms with Crippen LogP contribution in [0.5, 0.6) is 0 Å². The highest BCUT2D eigenvalue weighted by molar-refractivity contribution is 7.99. The highest BCUT2D eigenvalue weighted by atomic mass is 32.2. The Morgan fingerprint density at radius 3 is 1.58 bits per heavy atom. The van der Waals surface area contributed by atoms with E-state index in [0.29, 0.717) is 0 Å². The molecular weight excluding hydrogens is 200 g/mol. The molecule has 12 heavy (non-hydrogen) atoms. The van der Waals surface area contributed by atoms with Crippen LogP contribution in [-0.4, -0.2) is 38.8 Å². The maximum absolute atomic E-state index is 11.3. The van der Waals surface area contributed by atoms with Crippen molar-refractivity contribution in [2.45, 2.75) is 24.3 Å². The van der Waals surface area contributed by atoms with Crippen molar-refractivity contribution in [3.05, 3.63) is 0 Å². The Hall–Kier alpha value is -0.100. The molecule has 72 valence electrons. The van der Waals surface area contributed by atoms with E-state index in [1.807, 2.05) is 0 Å². The van der Waals surface area contributed by atoms with E-state index in [0.717, 1.165) is 0 Å². The molecule has 0 aromatic rings. The van der Waals surface area contributed by atoms with Crippen molar-refractivity contribution in [3.63, 3.8) is 0 Å². The second-order valence-corrected chi connectivity index (χ2v) is 8.23. The molecule has 0 unspecified atom stereocenters. The maximum Gasteiger partial charge on any atom is 0.157 e. The molecule has 0 amide bonds. The van der Waals surface area contributed by atoms with E-state index in [4.69, 9.17) is 0 Å². The van der Waals surface area contributed by atoms with Crippen LogP contribution in [0, 0.1) is 0 Å². The molecule has 1 saturated heterocycles. The smallest absolute Gasteiger partial charge is 0.157 e. The molecule has 0 N–H and O–H groups in total. The fourth-order valence-electron chi connectivity index (χ4n) is 1.37. The zero-order valence-electron chi connectivity index (χ0n) is 7.02. The summed E-state index contributed by atoms with van der Waals surface area (Å²) in [6.07, 6.45) is 0. The first kappa shape index (κ1) is 9.98. The topological polar surface area (TPSA) is 68.3 Å². The summed E-state index contributed by atoms with van der Waals surface area (Å²) in [5.74, 6) is -0.445. The van der Waals surface area contributed by atoms with Gasteiger partial charge in [-0.2, -0.15) is 0 Å². The van der Waals surface area contributed by atoms with Gasteiger partial charge >= 0.3 is 0 Å². The molecule has 0 aromatic heterocycles. The SMILES string of the molecule is C[C@@H]1CS(=O)(=O)C[C@@H](C)S1(=O)=O. The lowest BCUT2D eigenvalue weighted by Crippen LogP contribution is -2.44. The standard InChI is InChI=1S/C6H12O4S2/c1-5-3-11(7,8)4-6(2)12(5,9)10/h5-6H,3-4H2,1-2H3/t5-,6-/m1/s1. The minimum atomic E-state index is -3.19. The predicted molar refractivity (Wildman–Crippen MR) is 46.5 cm³/mol. The van der Waals surface area contributed by atoms with Crippen molar-refractivity contribution in [1.82, 2.24) is 0 Å². The molecule has 1 rings (SSSR count). The number of hydrogen-bond acceptors (Lipinski definition) is 4. The fraction of sp³-hybridized carbons (Fsp3) is 1.00. The third-order valence-corrected chi connectivity index (χ3v) is 7.11. The van der Waals surface area contributed by atoms with Gasteiger partial charge in [0.1, 0.15) is 0 Å². The molecule has 2 atom stereocenters. The van der Waals surface area contributed by atoms with Gasteiger partial charge in [0.05, 0.1) is 22.0 Å². The monoisotopic (exact) mass is 212 g/mol. The van der Waals surface area contributed by atoms with Crippen molar-refractivity contribution >= 4 is 19.7 Å². The van der Waals surface area contributed by atoms with Crippen LogP contribution in [0.1, 0.15) is 13.8 Å². The van der Waals surface area contributed by atoms with Gasteiger partial charge in [-0.05, 0) is 13.8 Å². The summed E-state index contributed by atoms with van der Waals surface area (Å²) in [6, 6.07) is 0. The van der Waals surface area contributed by atoms with Gasteiger partial charge < -0.3 is 0 Å². The normalized spacial score (nSPS) is 39.2. The van der Waals surface area contributed by atoms with Crippen LogP contribution < -0.4 is 0 Å². The average Bonchev–Trinajstić information content (AvgIpc) is 1.82. The Kier molecular flexibility index (Phi) is 2.24. The first-order chi connectivity index (χ1) is 5.26. The first-order valence-electron chi connectivity index (χ1n) is 3.69. The Morgan fingerprint density at radius 1 is 0.917 bits per heavy atom. The fourth-order valence-corrected chi connectivity index (χ4v) is 6.49. The van der Waals surface area contributed by atoms with Crippen LogP contribution in [0.3, 0.4) is 0 Å². The van der Waals surface area contributed by atoms with E-state index in [-0.39, 0.29) is 11.5 Å². The molecule has 0 aliphatic carbocycles. The number of hydrogen-bond donors (Lipinski definition) is 0. The summed E-state index contributed by atoms with van der Waals surface area (Å²) in [6.45, 7) is 2.89. The van der Waals surface area contributed by atoms with Crippen LogP contribution in [0.2, 0.25) is 0 Å². The molecule has 0 bridgehead atoms. The lowest BCUT2D eigenvalue weighted by molar-refractivity contribution is 0.558. The molecule has 6 heteroatoms. The van der Waals surface area contributed by atoms with Gasteiger partial charge in [-0.3, -0.25) is 0 Å². The van der Waals surface area contributed by atoms with Crippen LogP contribution in [-0.2, 0) is 19.7 Å². The molecule has 0 radical (unpaired) electrons. The van der Waals surface area contributed by atoms with Gasteiger partial charge in [0.25, 0.3) is 0 Å². The average molecular weight is 212 g/mol. The molecule has 1 aliphatic rings. The largest absolute Gasteiger partial charge is 0.229 e. The Labute approximate surface area is 72.8 Å². The van der Waals surface area contributed by atoms with Gasteiger partial charge in [0.15, 0.2) is 19.7 Å². The highest BCUT2D eigenvalue weighted by Crippen LogP contribution is 2.19. The third-order valence-electron chi connectivity index (χ3n) is 2.10. The van der Waals surface area contributed by atoms with Gasteiger partial charge in [-0.25, -0.2) is 16.8 Å². The van der Waals surface area contributed by atoms with E-state index in [1.54, 1.807) is 0 Å². The molecule has 0 spiro atoms. The lowest BCUT2D eigenvalue weighted by Gasteiger charge is -2.24. The van der Waals surface area contributed by atoms with Crippen molar-refractivity contribution in [2.75, 3.05) is 11.5 Å². The second kappa shape index (κ2) is 2.70. The van der Waals surface area contributed by atoms with E-state index in [1.165, 1.54) is 13.8 Å². The summed E-state index contributed by atoms with van der Waals surface area (Å²) < 4.78 is 44.9. The zero-order chi connectivity index (χ0) is 9.57. The summed E-state index contributed by atoms with van der Waals surface area (Å²) in [5.41, 5.74) is 0. The molecule has 1 aliphatic heterocycles. The third kappa shape index (κ3) is 1.64. The number of rotatable bonds is 0. The van der Waals surface area contributed by atoms with Crippen molar-refractivity contribution in [3.8, 4) is 0 Å². The molecule has 0 aromatic carbocycles. The van der Waals surface area contributed by atoms with Crippen molar-refractivity contribution in [1.29, 1.82) is 0 Å². The van der Waals surface area contributed by atoms with E-state index in [9.17, 15) is 16.8 Å². The first-order valence-corrected chi connectivity index (χ1v) is 7.12. The quantitative estimate of drug-likeness (QED) is 0.548. The van der Waals surface area contributed by atoms with Crippen molar-refractivity contribution in [2.24, 2.45) is 0 Å². The molecule has 1 heterocycles. The Balaban J connectivity index is 3.10. The van der Waals surface area contributed by atoms with Gasteiger partial charge in [-0.15, -0.1) is 0 Å². The highest BCUT2D eigenvalue weighted by Gasteiger charge is 2.39. The minimum Gasteiger partial charge on any atom is -0.229 e. The zero-order valence-corrected chi connectivity index (χ0v) is 8.65. The van der Waals surface area contributed by atoms with Gasteiger partial charge in [0, 0.05) is 0 Å². The van der Waals surface area contributed by atoms with Crippen LogP contribution in [0.4, 0.5) is 0 Å². The van der Waals surface area contributed by atoms with E-state index in [2.05, 4.69) is 0 Å². The van der Waals surface area contributed by atoms with Gasteiger partial charge in [-0.1, -0.05) is 0 Å². The van der Waals surface area contributed by atoms with Crippen LogP contribution in [0.15, 0.2) is 0 Å². The second-order valence-electron chi connectivity index (χ2n) is 3.29. The Morgan fingerprint density at radius 2 is 1.25 bits per heavy atom. The van der Waals surface area contributed by atoms with Crippen molar-refractivity contribution < 1.29 is 16.8 Å². The summed E-state index contributed by atoms with van der Waals surface area (Å²) >= 11 is 0. The molecule has 0 saturated carbocycles. The maximum atomic E-state index is 11.3. The summed E-state index contributed by atoms with van der Waals surface area (Å²) in [7, 11) is -6.32. The van der Waals surface area contributed by atoms with Crippen LogP contribution in [0.25, 0.3) is 0 Å². The molecule has 1 fully saturated rings.